The summed E-state index contributed by atoms with van der Waals surface area (Å²) in [5.41, 5.74) is 0. The molecule has 0 saturated heterocycles. The maximum absolute atomic E-state index is 2.28. The molecule has 0 aliphatic heterocycles. The number of fused-ring (bicyclic) bond motifs is 2. The third kappa shape index (κ3) is 1.15. The van der Waals surface area contributed by atoms with Crippen molar-refractivity contribution in [2.24, 2.45) is 0 Å². The summed E-state index contributed by atoms with van der Waals surface area (Å²) in [5.74, 6) is 0. The third-order valence-electron chi connectivity index (χ3n) is 2.72. The van der Waals surface area contributed by atoms with E-state index in [2.05, 4.69) is 55.0 Å². The molecule has 0 heterocycles. The van der Waals surface area contributed by atoms with Crippen molar-refractivity contribution in [3.05, 3.63) is 53.3 Å². The Hall–Kier alpha value is -1.56. The Morgan fingerprint density at radius 2 is 1.57 bits per heavy atom. The SMILES string of the molecule is [CH]1C=c2cc3ccccc3cc2=CC1. The van der Waals surface area contributed by atoms with E-state index in [9.17, 15) is 0 Å². The highest BCUT2D eigenvalue weighted by Crippen LogP contribution is 2.09. The molecule has 0 atom stereocenters. The minimum atomic E-state index is 1.06. The smallest absolute Gasteiger partial charge is 0.0123 e. The van der Waals surface area contributed by atoms with Crippen molar-refractivity contribution < 1.29 is 0 Å². The highest BCUT2D eigenvalue weighted by Gasteiger charge is 1.96. The van der Waals surface area contributed by atoms with Gasteiger partial charge in [0.05, 0.1) is 0 Å². The van der Waals surface area contributed by atoms with Gasteiger partial charge in [-0.1, -0.05) is 36.4 Å². The van der Waals surface area contributed by atoms with Gasteiger partial charge < -0.3 is 0 Å². The minimum Gasteiger partial charge on any atom is -0.0760 e. The van der Waals surface area contributed by atoms with Crippen LogP contribution in [0.2, 0.25) is 0 Å². The number of rotatable bonds is 0. The molecule has 0 nitrogen and oxygen atoms in total. The molecule has 0 spiro atoms. The predicted molar refractivity (Wildman–Crippen MR) is 61.0 cm³/mol. The molecule has 0 fully saturated rings. The Labute approximate surface area is 83.2 Å². The molecule has 0 unspecified atom stereocenters. The van der Waals surface area contributed by atoms with E-state index in [1.165, 1.54) is 21.2 Å². The second-order valence-electron chi connectivity index (χ2n) is 3.67. The van der Waals surface area contributed by atoms with Crippen LogP contribution in [0.15, 0.2) is 36.4 Å². The van der Waals surface area contributed by atoms with Crippen LogP contribution >= 0.6 is 0 Å². The van der Waals surface area contributed by atoms with Crippen LogP contribution in [-0.2, 0) is 0 Å². The van der Waals surface area contributed by atoms with Crippen LogP contribution < -0.4 is 10.4 Å². The van der Waals surface area contributed by atoms with Crippen LogP contribution in [0.4, 0.5) is 0 Å². The van der Waals surface area contributed by atoms with E-state index in [1.54, 1.807) is 0 Å². The van der Waals surface area contributed by atoms with E-state index < -0.39 is 0 Å². The van der Waals surface area contributed by atoms with Crippen molar-refractivity contribution in [1.82, 2.24) is 0 Å². The second kappa shape index (κ2) is 2.98. The third-order valence-corrected chi connectivity index (χ3v) is 2.72. The Morgan fingerprint density at radius 1 is 0.857 bits per heavy atom. The molecule has 1 aliphatic rings. The van der Waals surface area contributed by atoms with E-state index in [1.807, 2.05) is 0 Å². The molecule has 14 heavy (non-hydrogen) atoms. The first-order valence-corrected chi connectivity index (χ1v) is 4.96. The second-order valence-corrected chi connectivity index (χ2v) is 3.67. The van der Waals surface area contributed by atoms with Crippen LogP contribution in [0.5, 0.6) is 0 Å². The maximum Gasteiger partial charge on any atom is -0.0123 e. The molecule has 67 valence electrons. The molecule has 0 saturated carbocycles. The molecule has 0 amide bonds. The van der Waals surface area contributed by atoms with Crippen molar-refractivity contribution >= 4 is 22.9 Å². The quantitative estimate of drug-likeness (QED) is 0.580. The van der Waals surface area contributed by atoms with E-state index in [0.29, 0.717) is 0 Å². The Balaban J connectivity index is 2.51. The molecule has 1 aliphatic carbocycles. The molecule has 2 aromatic carbocycles. The summed E-state index contributed by atoms with van der Waals surface area (Å²) in [4.78, 5) is 0. The molecular weight excluding hydrogens is 168 g/mol. The van der Waals surface area contributed by atoms with Crippen molar-refractivity contribution in [3.8, 4) is 0 Å². The highest BCUT2D eigenvalue weighted by molar-refractivity contribution is 5.83. The molecule has 0 heteroatoms. The molecule has 0 N–H and O–H groups in total. The van der Waals surface area contributed by atoms with Crippen LogP contribution in [0.25, 0.3) is 22.9 Å². The Kier molecular flexibility index (Phi) is 1.66. The summed E-state index contributed by atoms with van der Waals surface area (Å²) in [7, 11) is 0. The van der Waals surface area contributed by atoms with E-state index >= 15 is 0 Å². The monoisotopic (exact) mass is 179 g/mol. The normalized spacial score (nSPS) is 14.3. The average molecular weight is 179 g/mol. The summed E-state index contributed by atoms with van der Waals surface area (Å²) in [6, 6.07) is 13.0. The van der Waals surface area contributed by atoms with Crippen molar-refractivity contribution in [3.63, 3.8) is 0 Å². The van der Waals surface area contributed by atoms with Gasteiger partial charge in [0.25, 0.3) is 0 Å². The fraction of sp³-hybridized carbons (Fsp3) is 0.0714. The van der Waals surface area contributed by atoms with Gasteiger partial charge in [-0.15, -0.1) is 0 Å². The van der Waals surface area contributed by atoms with E-state index in [-0.39, 0.29) is 0 Å². The van der Waals surface area contributed by atoms with Crippen LogP contribution in [0.3, 0.4) is 0 Å². The standard InChI is InChI=1S/C14H11/c1-2-6-12-10-14-8-4-3-7-13(14)9-11(12)5-1/h1-3,5-10H,4H2. The first-order chi connectivity index (χ1) is 6.93. The first-order valence-electron chi connectivity index (χ1n) is 4.96. The largest absolute Gasteiger partial charge is 0.0760 e. The van der Waals surface area contributed by atoms with Gasteiger partial charge in [0.1, 0.15) is 0 Å². The minimum absolute atomic E-state index is 1.06. The molecule has 1 radical (unpaired) electrons. The molecule has 2 aromatic rings. The van der Waals surface area contributed by atoms with E-state index in [0.717, 1.165) is 6.42 Å². The summed E-state index contributed by atoms with van der Waals surface area (Å²) in [6.07, 6.45) is 7.76. The number of hydrogen-bond acceptors (Lipinski definition) is 0. The van der Waals surface area contributed by atoms with Gasteiger partial charge in [-0.3, -0.25) is 0 Å². The zero-order chi connectivity index (χ0) is 9.38. The number of benzene rings is 2. The lowest BCUT2D eigenvalue weighted by atomic mass is 10.0. The zero-order valence-electron chi connectivity index (χ0n) is 7.90. The van der Waals surface area contributed by atoms with Gasteiger partial charge in [0.15, 0.2) is 0 Å². The van der Waals surface area contributed by atoms with Gasteiger partial charge >= 0.3 is 0 Å². The first kappa shape index (κ1) is 7.81. The summed E-state index contributed by atoms with van der Waals surface area (Å²) in [5, 5.41) is 5.37. The van der Waals surface area contributed by atoms with Crippen molar-refractivity contribution in [2.75, 3.05) is 0 Å². The average Bonchev–Trinajstić information content (AvgIpc) is 2.26. The Bertz CT molecular complexity index is 536. The van der Waals surface area contributed by atoms with Gasteiger partial charge in [0, 0.05) is 0 Å². The Morgan fingerprint density at radius 3 is 2.36 bits per heavy atom. The van der Waals surface area contributed by atoms with Gasteiger partial charge in [0.2, 0.25) is 0 Å². The summed E-state index contributed by atoms with van der Waals surface area (Å²) < 4.78 is 0. The van der Waals surface area contributed by atoms with E-state index in [4.69, 9.17) is 0 Å². The fourth-order valence-corrected chi connectivity index (χ4v) is 1.99. The lowest BCUT2D eigenvalue weighted by Gasteiger charge is -2.02. The zero-order valence-corrected chi connectivity index (χ0v) is 7.90. The van der Waals surface area contributed by atoms with Gasteiger partial charge in [-0.25, -0.2) is 0 Å². The number of hydrogen-bond donors (Lipinski definition) is 0. The maximum atomic E-state index is 2.28. The summed E-state index contributed by atoms with van der Waals surface area (Å²) in [6.45, 7) is 0. The highest BCUT2D eigenvalue weighted by atomic mass is 14.0. The van der Waals surface area contributed by atoms with Crippen molar-refractivity contribution in [2.45, 2.75) is 6.42 Å². The lowest BCUT2D eigenvalue weighted by molar-refractivity contribution is 1.34. The lowest BCUT2D eigenvalue weighted by Crippen LogP contribution is -2.26. The molecule has 3 rings (SSSR count). The molecular formula is C14H11. The van der Waals surface area contributed by atoms with Crippen LogP contribution in [0, 0.1) is 6.42 Å². The van der Waals surface area contributed by atoms with Crippen molar-refractivity contribution in [1.29, 1.82) is 0 Å². The molecule has 0 aromatic heterocycles. The predicted octanol–water partition coefficient (Wildman–Crippen LogP) is 2.01. The van der Waals surface area contributed by atoms with Crippen LogP contribution in [-0.4, -0.2) is 0 Å². The fourth-order valence-electron chi connectivity index (χ4n) is 1.99. The topological polar surface area (TPSA) is 0 Å². The van der Waals surface area contributed by atoms with Gasteiger partial charge in [-0.05, 0) is 46.2 Å². The summed E-state index contributed by atoms with van der Waals surface area (Å²) >= 11 is 0. The molecule has 0 bridgehead atoms. The van der Waals surface area contributed by atoms with Gasteiger partial charge in [-0.2, -0.15) is 0 Å². The van der Waals surface area contributed by atoms with Crippen LogP contribution in [0.1, 0.15) is 6.42 Å².